The molecule has 0 aromatic heterocycles. The van der Waals surface area contributed by atoms with Crippen molar-refractivity contribution >= 4 is 5.97 Å². The molecule has 0 amide bonds. The van der Waals surface area contributed by atoms with Crippen molar-refractivity contribution in [2.75, 3.05) is 6.54 Å². The van der Waals surface area contributed by atoms with E-state index in [0.29, 0.717) is 12.1 Å². The molecule has 0 aliphatic rings. The van der Waals surface area contributed by atoms with Gasteiger partial charge in [0.05, 0.1) is 5.56 Å². The van der Waals surface area contributed by atoms with Gasteiger partial charge in [-0.05, 0) is 42.6 Å². The van der Waals surface area contributed by atoms with Crippen LogP contribution in [0.1, 0.15) is 34.3 Å². The molecule has 0 heterocycles. The molecule has 0 spiro atoms. The molecule has 82 valence electrons. The molecular weight excluding hydrogens is 197 g/mol. The Balaban J connectivity index is 3.29. The predicted octanol–water partition coefficient (Wildman–Crippen LogP) is 1.89. The first-order valence-corrected chi connectivity index (χ1v) is 4.70. The summed E-state index contributed by atoms with van der Waals surface area (Å²) in [6, 6.07) is 2.83. The summed E-state index contributed by atoms with van der Waals surface area (Å²) in [4.78, 5) is 10.8. The van der Waals surface area contributed by atoms with Crippen LogP contribution in [0.3, 0.4) is 0 Å². The summed E-state index contributed by atoms with van der Waals surface area (Å²) in [5.41, 5.74) is 6.24. The number of carbonyl (C=O) groups is 1. The molecular formula is C11H14FNO2. The zero-order valence-corrected chi connectivity index (χ0v) is 8.75. The Hall–Kier alpha value is -1.42. The van der Waals surface area contributed by atoms with Gasteiger partial charge in [-0.2, -0.15) is 0 Å². The summed E-state index contributed by atoms with van der Waals surface area (Å²) in [5.74, 6) is -1.65. The molecule has 1 atom stereocenters. The molecule has 0 saturated heterocycles. The average Bonchev–Trinajstić information content (AvgIpc) is 2.20. The zero-order valence-electron chi connectivity index (χ0n) is 8.75. The van der Waals surface area contributed by atoms with Gasteiger partial charge in [0.25, 0.3) is 0 Å². The van der Waals surface area contributed by atoms with E-state index >= 15 is 0 Å². The fourth-order valence-corrected chi connectivity index (χ4v) is 1.34. The van der Waals surface area contributed by atoms with Gasteiger partial charge in [-0.3, -0.25) is 0 Å². The number of nitrogens with two attached hydrogens (primary N) is 1. The standard InChI is InChI=1S/C11H14FNO2/c1-6(5-13)8-3-9(11(14)15)7(2)10(12)4-8/h3-4,6H,5,13H2,1-2H3,(H,14,15). The van der Waals surface area contributed by atoms with Crippen LogP contribution in [0.2, 0.25) is 0 Å². The van der Waals surface area contributed by atoms with E-state index in [1.165, 1.54) is 19.1 Å². The van der Waals surface area contributed by atoms with Crippen molar-refractivity contribution in [3.05, 3.63) is 34.6 Å². The molecule has 0 saturated carbocycles. The highest BCUT2D eigenvalue weighted by atomic mass is 19.1. The van der Waals surface area contributed by atoms with E-state index < -0.39 is 11.8 Å². The maximum atomic E-state index is 13.4. The highest BCUT2D eigenvalue weighted by Gasteiger charge is 2.15. The Morgan fingerprint density at radius 3 is 2.67 bits per heavy atom. The van der Waals surface area contributed by atoms with Crippen molar-refractivity contribution in [1.29, 1.82) is 0 Å². The van der Waals surface area contributed by atoms with Crippen LogP contribution in [0, 0.1) is 12.7 Å². The molecule has 0 aliphatic carbocycles. The summed E-state index contributed by atoms with van der Waals surface area (Å²) in [6.07, 6.45) is 0. The number of hydrogen-bond donors (Lipinski definition) is 2. The lowest BCUT2D eigenvalue weighted by Gasteiger charge is -2.12. The fraction of sp³-hybridized carbons (Fsp3) is 0.364. The number of carboxylic acids is 1. The molecule has 1 rings (SSSR count). The quantitative estimate of drug-likeness (QED) is 0.802. The monoisotopic (exact) mass is 211 g/mol. The van der Waals surface area contributed by atoms with Crippen LogP contribution >= 0.6 is 0 Å². The van der Waals surface area contributed by atoms with E-state index in [4.69, 9.17) is 10.8 Å². The van der Waals surface area contributed by atoms with Crippen molar-refractivity contribution in [3.63, 3.8) is 0 Å². The minimum Gasteiger partial charge on any atom is -0.478 e. The molecule has 1 aromatic rings. The number of carboxylic acid groups (broad SMARTS) is 1. The highest BCUT2D eigenvalue weighted by Crippen LogP contribution is 2.21. The number of benzene rings is 1. The maximum absolute atomic E-state index is 13.4. The smallest absolute Gasteiger partial charge is 0.336 e. The van der Waals surface area contributed by atoms with E-state index in [1.54, 1.807) is 0 Å². The van der Waals surface area contributed by atoms with Gasteiger partial charge in [-0.1, -0.05) is 6.92 Å². The molecule has 1 unspecified atom stereocenters. The van der Waals surface area contributed by atoms with E-state index in [1.807, 2.05) is 6.92 Å². The normalized spacial score (nSPS) is 12.5. The van der Waals surface area contributed by atoms with Crippen LogP contribution in [0.15, 0.2) is 12.1 Å². The second-order valence-corrected chi connectivity index (χ2v) is 3.62. The van der Waals surface area contributed by atoms with Crippen LogP contribution in [-0.4, -0.2) is 17.6 Å². The van der Waals surface area contributed by atoms with E-state index in [0.717, 1.165) is 0 Å². The predicted molar refractivity (Wildman–Crippen MR) is 55.6 cm³/mol. The fourth-order valence-electron chi connectivity index (χ4n) is 1.34. The van der Waals surface area contributed by atoms with Crippen LogP contribution in [0.4, 0.5) is 4.39 Å². The minimum atomic E-state index is -1.11. The summed E-state index contributed by atoms with van der Waals surface area (Å²) in [6.45, 7) is 3.65. The van der Waals surface area contributed by atoms with Crippen molar-refractivity contribution in [2.45, 2.75) is 19.8 Å². The van der Waals surface area contributed by atoms with Crippen molar-refractivity contribution in [2.24, 2.45) is 5.73 Å². The SMILES string of the molecule is Cc1c(F)cc(C(C)CN)cc1C(=O)O. The Morgan fingerprint density at radius 1 is 1.60 bits per heavy atom. The van der Waals surface area contributed by atoms with E-state index in [2.05, 4.69) is 0 Å². The molecule has 3 N–H and O–H groups in total. The maximum Gasteiger partial charge on any atom is 0.336 e. The molecule has 0 aliphatic heterocycles. The summed E-state index contributed by atoms with van der Waals surface area (Å²) in [5, 5.41) is 8.87. The van der Waals surface area contributed by atoms with Gasteiger partial charge in [-0.25, -0.2) is 9.18 Å². The molecule has 15 heavy (non-hydrogen) atoms. The van der Waals surface area contributed by atoms with E-state index in [9.17, 15) is 9.18 Å². The van der Waals surface area contributed by atoms with Gasteiger partial charge >= 0.3 is 5.97 Å². The molecule has 0 bridgehead atoms. The zero-order chi connectivity index (χ0) is 11.6. The van der Waals surface area contributed by atoms with Gasteiger partial charge in [0, 0.05) is 0 Å². The molecule has 3 nitrogen and oxygen atoms in total. The third-order valence-electron chi connectivity index (χ3n) is 2.52. The number of hydrogen-bond acceptors (Lipinski definition) is 2. The van der Waals surface area contributed by atoms with Crippen molar-refractivity contribution in [3.8, 4) is 0 Å². The Bertz CT molecular complexity index is 390. The van der Waals surface area contributed by atoms with Crippen LogP contribution in [-0.2, 0) is 0 Å². The number of rotatable bonds is 3. The summed E-state index contributed by atoms with van der Waals surface area (Å²) >= 11 is 0. The van der Waals surface area contributed by atoms with Crippen molar-refractivity contribution < 1.29 is 14.3 Å². The van der Waals surface area contributed by atoms with E-state index in [-0.39, 0.29) is 17.0 Å². The second kappa shape index (κ2) is 4.40. The third kappa shape index (κ3) is 2.33. The van der Waals surface area contributed by atoms with Crippen molar-refractivity contribution in [1.82, 2.24) is 0 Å². The van der Waals surface area contributed by atoms with Crippen LogP contribution in [0.5, 0.6) is 0 Å². The van der Waals surface area contributed by atoms with Crippen LogP contribution in [0.25, 0.3) is 0 Å². The highest BCUT2D eigenvalue weighted by molar-refractivity contribution is 5.89. The third-order valence-corrected chi connectivity index (χ3v) is 2.52. The van der Waals surface area contributed by atoms with Gasteiger partial charge in [0.1, 0.15) is 5.82 Å². The molecule has 1 aromatic carbocycles. The second-order valence-electron chi connectivity index (χ2n) is 3.62. The number of aromatic carboxylic acids is 1. The first-order chi connectivity index (χ1) is 6.97. The molecule has 0 fully saturated rings. The Morgan fingerprint density at radius 2 is 2.20 bits per heavy atom. The summed E-state index contributed by atoms with van der Waals surface area (Å²) in [7, 11) is 0. The van der Waals surface area contributed by atoms with Gasteiger partial charge in [-0.15, -0.1) is 0 Å². The summed E-state index contributed by atoms with van der Waals surface area (Å²) < 4.78 is 13.4. The Labute approximate surface area is 87.7 Å². The topological polar surface area (TPSA) is 63.3 Å². The lowest BCUT2D eigenvalue weighted by Crippen LogP contribution is -2.11. The van der Waals surface area contributed by atoms with Crippen LogP contribution < -0.4 is 5.73 Å². The lowest BCUT2D eigenvalue weighted by molar-refractivity contribution is 0.0695. The largest absolute Gasteiger partial charge is 0.478 e. The molecule has 4 heteroatoms. The minimum absolute atomic E-state index is 0.00491. The first-order valence-electron chi connectivity index (χ1n) is 4.70. The molecule has 0 radical (unpaired) electrons. The first kappa shape index (κ1) is 11.7. The van der Waals surface area contributed by atoms with Gasteiger partial charge in [0.2, 0.25) is 0 Å². The average molecular weight is 211 g/mol. The van der Waals surface area contributed by atoms with Gasteiger partial charge < -0.3 is 10.8 Å². The number of halogens is 1. The Kier molecular flexibility index (Phi) is 3.42. The lowest BCUT2D eigenvalue weighted by atomic mass is 9.96. The van der Waals surface area contributed by atoms with Gasteiger partial charge in [0.15, 0.2) is 0 Å².